The summed E-state index contributed by atoms with van der Waals surface area (Å²) in [6, 6.07) is 0. The van der Waals surface area contributed by atoms with Crippen LogP contribution in [-0.2, 0) is 14.3 Å². The average Bonchev–Trinajstić information content (AvgIpc) is 2.18. The van der Waals surface area contributed by atoms with Crippen molar-refractivity contribution in [2.24, 2.45) is 0 Å². The van der Waals surface area contributed by atoms with E-state index in [0.29, 0.717) is 6.42 Å². The van der Waals surface area contributed by atoms with E-state index in [-0.39, 0.29) is 18.7 Å². The summed E-state index contributed by atoms with van der Waals surface area (Å²) < 4.78 is 10.8. The van der Waals surface area contributed by atoms with E-state index in [1.807, 2.05) is 27.7 Å². The molecule has 0 unspecified atom stereocenters. The normalized spacial score (nSPS) is 13.4. The summed E-state index contributed by atoms with van der Waals surface area (Å²) in [6.45, 7) is 14.2. The van der Waals surface area contributed by atoms with Crippen molar-refractivity contribution in [2.75, 3.05) is 6.61 Å². The molecule has 0 aliphatic rings. The molecular weight excluding hydrogens is 256 g/mol. The number of ether oxygens (including phenoxy) is 2. The Bertz CT molecular complexity index is 339. The van der Waals surface area contributed by atoms with Crippen LogP contribution >= 0.6 is 0 Å². The van der Waals surface area contributed by atoms with Gasteiger partial charge >= 0.3 is 5.97 Å². The van der Waals surface area contributed by atoms with Gasteiger partial charge in [-0.25, -0.2) is 4.79 Å². The maximum absolute atomic E-state index is 11.5. The lowest BCUT2D eigenvalue weighted by atomic mass is 10.2. The van der Waals surface area contributed by atoms with Crippen LogP contribution in [-0.4, -0.2) is 32.4 Å². The molecule has 0 rings (SSSR count). The van der Waals surface area contributed by atoms with Crippen LogP contribution in [0, 0.1) is 11.5 Å². The smallest absolute Gasteiger partial charge is 0.332 e. The highest BCUT2D eigenvalue weighted by Crippen LogP contribution is 2.09. The molecule has 0 saturated carbocycles. The van der Waals surface area contributed by atoms with E-state index in [4.69, 9.17) is 9.47 Å². The van der Waals surface area contributed by atoms with Crippen LogP contribution in [0.25, 0.3) is 0 Å². The Morgan fingerprint density at radius 2 is 1.84 bits per heavy atom. The summed E-state index contributed by atoms with van der Waals surface area (Å²) in [5, 5.41) is 0. The van der Waals surface area contributed by atoms with Gasteiger partial charge in [-0.3, -0.25) is 0 Å². The number of carbonyl (C=O) groups is 1. The van der Waals surface area contributed by atoms with Crippen LogP contribution in [0.3, 0.4) is 0 Å². The second kappa shape index (κ2) is 7.71. The molecule has 0 aromatic rings. The molecule has 0 bridgehead atoms. The zero-order valence-corrected chi connectivity index (χ0v) is 14.4. The monoisotopic (exact) mass is 284 g/mol. The van der Waals surface area contributed by atoms with Gasteiger partial charge in [-0.1, -0.05) is 26.6 Å². The number of carbonyl (C=O) groups excluding carboxylic acids is 1. The first-order valence-electron chi connectivity index (χ1n) is 6.87. The SMILES string of the molecule is CC[C@@H](CC#C[Si](C)(C)C)OCC(=O)OC(C)(C)C. The van der Waals surface area contributed by atoms with Gasteiger partial charge in [0.25, 0.3) is 0 Å². The fourth-order valence-corrected chi connectivity index (χ4v) is 1.94. The molecule has 0 radical (unpaired) electrons. The Morgan fingerprint density at radius 3 is 2.26 bits per heavy atom. The van der Waals surface area contributed by atoms with Gasteiger partial charge in [0.15, 0.2) is 0 Å². The minimum Gasteiger partial charge on any atom is -0.458 e. The van der Waals surface area contributed by atoms with E-state index in [0.717, 1.165) is 6.42 Å². The topological polar surface area (TPSA) is 35.5 Å². The van der Waals surface area contributed by atoms with Crippen molar-refractivity contribution in [1.29, 1.82) is 0 Å². The maximum atomic E-state index is 11.5. The van der Waals surface area contributed by atoms with Crippen molar-refractivity contribution in [2.45, 2.75) is 71.9 Å². The summed E-state index contributed by atoms with van der Waals surface area (Å²) in [7, 11) is -1.32. The number of hydrogen-bond donors (Lipinski definition) is 0. The molecule has 0 saturated heterocycles. The molecule has 0 aliphatic carbocycles. The van der Waals surface area contributed by atoms with Gasteiger partial charge < -0.3 is 9.47 Å². The third kappa shape index (κ3) is 12.0. The lowest BCUT2D eigenvalue weighted by molar-refractivity contribution is -0.162. The van der Waals surface area contributed by atoms with Crippen LogP contribution < -0.4 is 0 Å². The van der Waals surface area contributed by atoms with E-state index in [9.17, 15) is 4.79 Å². The van der Waals surface area contributed by atoms with Gasteiger partial charge in [-0.2, -0.15) is 0 Å². The molecule has 1 atom stereocenters. The largest absolute Gasteiger partial charge is 0.458 e. The van der Waals surface area contributed by atoms with Crippen molar-refractivity contribution in [1.82, 2.24) is 0 Å². The molecule has 0 aromatic heterocycles. The lowest BCUT2D eigenvalue weighted by Gasteiger charge is -2.20. The molecule has 110 valence electrons. The molecule has 0 fully saturated rings. The predicted molar refractivity (Wildman–Crippen MR) is 81.6 cm³/mol. The van der Waals surface area contributed by atoms with Crippen LogP contribution in [0.15, 0.2) is 0 Å². The maximum Gasteiger partial charge on any atom is 0.332 e. The van der Waals surface area contributed by atoms with Crippen LogP contribution in [0.4, 0.5) is 0 Å². The summed E-state index contributed by atoms with van der Waals surface area (Å²) in [5.74, 6) is 2.87. The first-order chi connectivity index (χ1) is 8.53. The van der Waals surface area contributed by atoms with Gasteiger partial charge in [0.2, 0.25) is 0 Å². The average molecular weight is 284 g/mol. The summed E-state index contributed by atoms with van der Waals surface area (Å²) in [6.07, 6.45) is 1.54. The summed E-state index contributed by atoms with van der Waals surface area (Å²) in [4.78, 5) is 11.5. The predicted octanol–water partition coefficient (Wildman–Crippen LogP) is 3.39. The molecule has 0 N–H and O–H groups in total. The Morgan fingerprint density at radius 1 is 1.26 bits per heavy atom. The van der Waals surface area contributed by atoms with Gasteiger partial charge in [-0.05, 0) is 27.2 Å². The Labute approximate surface area is 119 Å². The molecule has 0 aliphatic heterocycles. The van der Waals surface area contributed by atoms with Crippen molar-refractivity contribution < 1.29 is 14.3 Å². The first kappa shape index (κ1) is 18.2. The quantitative estimate of drug-likeness (QED) is 0.441. The highest BCUT2D eigenvalue weighted by atomic mass is 28.3. The lowest BCUT2D eigenvalue weighted by Crippen LogP contribution is -2.28. The second-order valence-corrected chi connectivity index (χ2v) is 11.4. The number of rotatable bonds is 5. The van der Waals surface area contributed by atoms with E-state index in [2.05, 4.69) is 31.1 Å². The van der Waals surface area contributed by atoms with E-state index in [1.165, 1.54) is 0 Å². The minimum absolute atomic E-state index is 0.00437. The Hall–Kier alpha value is -0.793. The number of hydrogen-bond acceptors (Lipinski definition) is 3. The van der Waals surface area contributed by atoms with Crippen molar-refractivity contribution in [3.63, 3.8) is 0 Å². The van der Waals surface area contributed by atoms with E-state index < -0.39 is 13.7 Å². The zero-order chi connectivity index (χ0) is 15.1. The molecule has 0 spiro atoms. The standard InChI is InChI=1S/C15H28O3Si/c1-8-13(10-9-11-19(5,6)7)17-12-14(16)18-15(2,3)4/h13H,8,10,12H2,1-7H3/t13-/m0/s1. The van der Waals surface area contributed by atoms with Gasteiger partial charge in [0.1, 0.15) is 20.3 Å². The molecule has 19 heavy (non-hydrogen) atoms. The Kier molecular flexibility index (Phi) is 7.39. The molecule has 0 amide bonds. The number of esters is 1. The zero-order valence-electron chi connectivity index (χ0n) is 13.4. The molecule has 0 aromatic carbocycles. The molecule has 4 heteroatoms. The highest BCUT2D eigenvalue weighted by molar-refractivity contribution is 6.83. The minimum atomic E-state index is -1.32. The molecular formula is C15H28O3Si. The van der Waals surface area contributed by atoms with Crippen LogP contribution in [0.1, 0.15) is 40.5 Å². The fraction of sp³-hybridized carbons (Fsp3) is 0.800. The third-order valence-corrected chi connectivity index (χ3v) is 3.03. The first-order valence-corrected chi connectivity index (χ1v) is 10.4. The van der Waals surface area contributed by atoms with E-state index >= 15 is 0 Å². The summed E-state index contributed by atoms with van der Waals surface area (Å²) >= 11 is 0. The van der Waals surface area contributed by atoms with Gasteiger partial charge in [0.05, 0.1) is 6.10 Å². The molecule has 3 nitrogen and oxygen atoms in total. The fourth-order valence-electron chi connectivity index (χ4n) is 1.31. The Balaban J connectivity index is 4.13. The van der Waals surface area contributed by atoms with E-state index in [1.54, 1.807) is 0 Å². The second-order valence-electron chi connectivity index (χ2n) is 6.68. The summed E-state index contributed by atoms with van der Waals surface area (Å²) in [5.41, 5.74) is 2.85. The van der Waals surface area contributed by atoms with Gasteiger partial charge in [-0.15, -0.1) is 11.5 Å². The highest BCUT2D eigenvalue weighted by Gasteiger charge is 2.17. The van der Waals surface area contributed by atoms with Crippen LogP contribution in [0.2, 0.25) is 19.6 Å². The van der Waals surface area contributed by atoms with Gasteiger partial charge in [0, 0.05) is 6.42 Å². The van der Waals surface area contributed by atoms with Crippen molar-refractivity contribution >= 4 is 14.0 Å². The third-order valence-electron chi connectivity index (χ3n) is 2.11. The molecule has 0 heterocycles. The van der Waals surface area contributed by atoms with Crippen molar-refractivity contribution in [3.8, 4) is 11.5 Å². The van der Waals surface area contributed by atoms with Crippen LogP contribution in [0.5, 0.6) is 0 Å². The van der Waals surface area contributed by atoms with Crippen molar-refractivity contribution in [3.05, 3.63) is 0 Å².